The molecule has 2 aromatic rings. The smallest absolute Gasteiger partial charge is 0.262 e. The first kappa shape index (κ1) is 25.3. The maximum Gasteiger partial charge on any atom is 0.264 e. The second-order valence-electron chi connectivity index (χ2n) is 7.26. The van der Waals surface area contributed by atoms with Gasteiger partial charge in [0.05, 0.1) is 26.6 Å². The number of benzene rings is 2. The first-order chi connectivity index (χ1) is 13.9. The van der Waals surface area contributed by atoms with E-state index >= 15 is 0 Å². The molecule has 0 fully saturated rings. The molecular formula is C20H24Cl3NO4S2. The second kappa shape index (κ2) is 10.1. The Morgan fingerprint density at radius 2 is 1.43 bits per heavy atom. The Morgan fingerprint density at radius 1 is 0.867 bits per heavy atom. The van der Waals surface area contributed by atoms with Gasteiger partial charge in [0.15, 0.2) is 9.84 Å². The van der Waals surface area contributed by atoms with E-state index in [1.165, 1.54) is 40.7 Å². The first-order valence-corrected chi connectivity index (χ1v) is 13.6. The van der Waals surface area contributed by atoms with E-state index in [-0.39, 0.29) is 21.4 Å². The van der Waals surface area contributed by atoms with Gasteiger partial charge in [-0.2, -0.15) is 0 Å². The zero-order chi connectivity index (χ0) is 22.7. The van der Waals surface area contributed by atoms with Crippen LogP contribution in [0.25, 0.3) is 0 Å². The second-order valence-corrected chi connectivity index (χ2v) is 13.0. The lowest BCUT2D eigenvalue weighted by Crippen LogP contribution is -2.39. The van der Waals surface area contributed by atoms with E-state index in [1.54, 1.807) is 26.8 Å². The summed E-state index contributed by atoms with van der Waals surface area (Å²) >= 11 is 18.3. The Morgan fingerprint density at radius 3 is 2.00 bits per heavy atom. The minimum atomic E-state index is -4.01. The lowest BCUT2D eigenvalue weighted by atomic mass is 10.2. The first-order valence-electron chi connectivity index (χ1n) is 9.33. The van der Waals surface area contributed by atoms with Crippen LogP contribution in [0.1, 0.15) is 33.6 Å². The number of nitrogens with zero attached hydrogens (tertiary/aromatic N) is 1. The zero-order valence-electron chi connectivity index (χ0n) is 16.8. The molecule has 1 unspecified atom stereocenters. The highest BCUT2D eigenvalue weighted by atomic mass is 35.5. The minimum absolute atomic E-state index is 0.0207. The molecule has 0 bridgehead atoms. The maximum absolute atomic E-state index is 13.5. The molecule has 0 aliphatic carbocycles. The number of anilines is 1. The summed E-state index contributed by atoms with van der Waals surface area (Å²) < 4.78 is 52.4. The fourth-order valence-corrected chi connectivity index (χ4v) is 6.20. The molecule has 0 saturated carbocycles. The van der Waals surface area contributed by atoms with Gasteiger partial charge in [0.1, 0.15) is 0 Å². The summed E-state index contributed by atoms with van der Waals surface area (Å²) in [4.78, 5) is 0.0459. The predicted molar refractivity (Wildman–Crippen MR) is 125 cm³/mol. The highest BCUT2D eigenvalue weighted by Crippen LogP contribution is 2.35. The normalized spacial score (nSPS) is 13.4. The standard InChI is InChI=1S/C20H24Cl3NO4S2/c1-14(2)29(25,26)12-4-5-15(3)24(20-13-17(22)8-11-19(20)23)30(27,28)18-9-6-16(21)7-10-18/h6-11,13-15H,4-5,12H2,1-3H3. The summed E-state index contributed by atoms with van der Waals surface area (Å²) in [5, 5.41) is 0.483. The van der Waals surface area contributed by atoms with Crippen molar-refractivity contribution >= 4 is 60.4 Å². The van der Waals surface area contributed by atoms with Gasteiger partial charge in [-0.15, -0.1) is 0 Å². The average Bonchev–Trinajstić information content (AvgIpc) is 2.64. The molecule has 0 heterocycles. The van der Waals surface area contributed by atoms with Crippen molar-refractivity contribution < 1.29 is 16.8 Å². The van der Waals surface area contributed by atoms with E-state index in [1.807, 2.05) is 0 Å². The number of halogens is 3. The van der Waals surface area contributed by atoms with Crippen LogP contribution in [0.5, 0.6) is 0 Å². The number of sulfone groups is 1. The summed E-state index contributed by atoms with van der Waals surface area (Å²) in [6, 6.07) is 9.83. The van der Waals surface area contributed by atoms with E-state index in [0.29, 0.717) is 22.9 Å². The molecule has 30 heavy (non-hydrogen) atoms. The molecule has 0 aliphatic heterocycles. The number of rotatable bonds is 9. The molecule has 0 radical (unpaired) electrons. The molecule has 0 saturated heterocycles. The van der Waals surface area contributed by atoms with Crippen LogP contribution < -0.4 is 4.31 Å². The van der Waals surface area contributed by atoms with Crippen LogP contribution >= 0.6 is 34.8 Å². The van der Waals surface area contributed by atoms with Gasteiger partial charge < -0.3 is 0 Å². The molecule has 0 aromatic heterocycles. The van der Waals surface area contributed by atoms with Crippen LogP contribution in [0.3, 0.4) is 0 Å². The van der Waals surface area contributed by atoms with Crippen molar-refractivity contribution in [3.8, 4) is 0 Å². The lowest BCUT2D eigenvalue weighted by Gasteiger charge is -2.31. The molecule has 1 atom stereocenters. The quantitative estimate of drug-likeness (QED) is 0.423. The van der Waals surface area contributed by atoms with Gasteiger partial charge in [-0.25, -0.2) is 16.8 Å². The van der Waals surface area contributed by atoms with Crippen LogP contribution in [0.4, 0.5) is 5.69 Å². The summed E-state index contributed by atoms with van der Waals surface area (Å²) in [7, 11) is -7.23. The molecule has 0 spiro atoms. The molecule has 2 aromatic carbocycles. The van der Waals surface area contributed by atoms with E-state index in [9.17, 15) is 16.8 Å². The number of hydrogen-bond acceptors (Lipinski definition) is 4. The number of sulfonamides is 1. The van der Waals surface area contributed by atoms with E-state index in [2.05, 4.69) is 0 Å². The fraction of sp³-hybridized carbons (Fsp3) is 0.400. The monoisotopic (exact) mass is 511 g/mol. The van der Waals surface area contributed by atoms with Crippen molar-refractivity contribution in [1.82, 2.24) is 0 Å². The molecule has 0 N–H and O–H groups in total. The van der Waals surface area contributed by atoms with E-state index in [0.717, 1.165) is 0 Å². The van der Waals surface area contributed by atoms with Crippen molar-refractivity contribution in [2.45, 2.75) is 49.8 Å². The van der Waals surface area contributed by atoms with Crippen molar-refractivity contribution in [2.75, 3.05) is 10.1 Å². The van der Waals surface area contributed by atoms with Gasteiger partial charge in [-0.1, -0.05) is 34.8 Å². The van der Waals surface area contributed by atoms with Gasteiger partial charge in [-0.3, -0.25) is 4.31 Å². The molecule has 2 rings (SSSR count). The van der Waals surface area contributed by atoms with Gasteiger partial charge in [-0.05, 0) is 76.1 Å². The molecule has 5 nitrogen and oxygen atoms in total. The van der Waals surface area contributed by atoms with Crippen LogP contribution in [0, 0.1) is 0 Å². The Hall–Kier alpha value is -0.990. The Kier molecular flexibility index (Phi) is 8.50. The van der Waals surface area contributed by atoms with Crippen molar-refractivity contribution in [2.24, 2.45) is 0 Å². The molecule has 0 aliphatic rings. The fourth-order valence-electron chi connectivity index (χ4n) is 2.91. The van der Waals surface area contributed by atoms with Crippen molar-refractivity contribution in [3.05, 3.63) is 57.5 Å². The van der Waals surface area contributed by atoms with Crippen molar-refractivity contribution in [3.63, 3.8) is 0 Å². The predicted octanol–water partition coefficient (Wildman–Crippen LogP) is 5.83. The largest absolute Gasteiger partial charge is 0.264 e. The maximum atomic E-state index is 13.5. The van der Waals surface area contributed by atoms with Crippen LogP contribution in [0.15, 0.2) is 47.4 Å². The van der Waals surface area contributed by atoms with Crippen molar-refractivity contribution in [1.29, 1.82) is 0 Å². The van der Waals surface area contributed by atoms with Gasteiger partial charge in [0.2, 0.25) is 0 Å². The Labute approximate surface area is 193 Å². The third-order valence-electron chi connectivity index (χ3n) is 4.69. The van der Waals surface area contributed by atoms with Gasteiger partial charge >= 0.3 is 0 Å². The van der Waals surface area contributed by atoms with Crippen LogP contribution in [-0.2, 0) is 19.9 Å². The Bertz CT molecular complexity index is 1090. The van der Waals surface area contributed by atoms with Crippen LogP contribution in [0.2, 0.25) is 15.1 Å². The SMILES string of the molecule is CC(CCCS(=O)(=O)C(C)C)N(c1cc(Cl)ccc1Cl)S(=O)(=O)c1ccc(Cl)cc1. The molecular weight excluding hydrogens is 489 g/mol. The highest BCUT2D eigenvalue weighted by Gasteiger charge is 2.31. The third kappa shape index (κ3) is 6.04. The van der Waals surface area contributed by atoms with Gasteiger partial charge in [0, 0.05) is 16.1 Å². The zero-order valence-corrected chi connectivity index (χ0v) is 20.7. The highest BCUT2D eigenvalue weighted by molar-refractivity contribution is 7.93. The Balaban J connectivity index is 2.44. The topological polar surface area (TPSA) is 71.5 Å². The number of hydrogen-bond donors (Lipinski definition) is 0. The van der Waals surface area contributed by atoms with E-state index < -0.39 is 31.2 Å². The summed E-state index contributed by atoms with van der Waals surface area (Å²) in [5.74, 6) is -0.0207. The molecule has 166 valence electrons. The third-order valence-corrected chi connectivity index (χ3v) is 9.73. The van der Waals surface area contributed by atoms with Crippen LogP contribution in [-0.4, -0.2) is 33.9 Å². The minimum Gasteiger partial charge on any atom is -0.262 e. The average molecular weight is 513 g/mol. The summed E-state index contributed by atoms with van der Waals surface area (Å²) in [6.07, 6.45) is 0.633. The van der Waals surface area contributed by atoms with E-state index in [4.69, 9.17) is 34.8 Å². The van der Waals surface area contributed by atoms with Gasteiger partial charge in [0.25, 0.3) is 10.0 Å². The summed E-state index contributed by atoms with van der Waals surface area (Å²) in [5.41, 5.74) is 0.235. The lowest BCUT2D eigenvalue weighted by molar-refractivity contribution is 0.563. The molecule has 0 amide bonds. The molecule has 10 heteroatoms. The summed E-state index contributed by atoms with van der Waals surface area (Å²) in [6.45, 7) is 4.97.